The summed E-state index contributed by atoms with van der Waals surface area (Å²) in [6.07, 6.45) is -0.724. The molecule has 0 heterocycles. The number of hydrogen-bond donors (Lipinski definition) is 2. The summed E-state index contributed by atoms with van der Waals surface area (Å²) in [7, 11) is 0. The fourth-order valence-electron chi connectivity index (χ4n) is 1.05. The zero-order valence-corrected chi connectivity index (χ0v) is 9.15. The Balaban J connectivity index is 0.00000169. The monoisotopic (exact) mass is 239 g/mol. The quantitative estimate of drug-likeness (QED) is 0.832. The molecule has 0 aliphatic heterocycles. The molecule has 2 atom stereocenters. The van der Waals surface area contributed by atoms with Crippen molar-refractivity contribution in [1.29, 1.82) is 0 Å². The Hall–Kier alpha value is -0.350. The molecular weight excluding hydrogens is 228 g/mol. The molecule has 1 aromatic rings. The van der Waals surface area contributed by atoms with Crippen molar-refractivity contribution in [3.8, 4) is 0 Å². The van der Waals surface area contributed by atoms with E-state index in [0.29, 0.717) is 5.56 Å². The van der Waals surface area contributed by atoms with Gasteiger partial charge in [-0.25, -0.2) is 4.39 Å². The summed E-state index contributed by atoms with van der Waals surface area (Å²) in [6, 6.07) is 3.40. The Kier molecular flexibility index (Phi) is 5.37. The highest BCUT2D eigenvalue weighted by Crippen LogP contribution is 2.20. The Morgan fingerprint density at radius 3 is 2.43 bits per heavy atom. The number of aliphatic hydroxyl groups is 1. The first kappa shape index (κ1) is 13.7. The zero-order valence-electron chi connectivity index (χ0n) is 7.58. The minimum Gasteiger partial charge on any atom is -0.391 e. The first-order chi connectivity index (χ1) is 6.00. The molecule has 0 unspecified atom stereocenters. The van der Waals surface area contributed by atoms with Gasteiger partial charge < -0.3 is 10.8 Å². The second-order valence-electron chi connectivity index (χ2n) is 2.97. The number of benzene rings is 1. The fraction of sp³-hybridized carbons (Fsp3) is 0.333. The molecule has 0 aromatic heterocycles. The van der Waals surface area contributed by atoms with Crippen LogP contribution in [-0.2, 0) is 0 Å². The van der Waals surface area contributed by atoms with Crippen LogP contribution in [0.2, 0.25) is 5.02 Å². The Bertz CT molecular complexity index is 287. The molecule has 0 saturated heterocycles. The van der Waals surface area contributed by atoms with E-state index in [2.05, 4.69) is 0 Å². The maximum Gasteiger partial charge on any atom is 0.125 e. The van der Waals surface area contributed by atoms with Crippen LogP contribution in [-0.4, -0.2) is 11.2 Å². The van der Waals surface area contributed by atoms with Gasteiger partial charge in [-0.2, -0.15) is 0 Å². The molecule has 80 valence electrons. The molecular formula is C9H12Cl2FNO. The van der Waals surface area contributed by atoms with Crippen molar-refractivity contribution in [2.45, 2.75) is 19.1 Å². The van der Waals surface area contributed by atoms with Gasteiger partial charge in [-0.1, -0.05) is 11.6 Å². The highest BCUT2D eigenvalue weighted by Gasteiger charge is 2.13. The van der Waals surface area contributed by atoms with Crippen LogP contribution in [0.25, 0.3) is 0 Å². The van der Waals surface area contributed by atoms with Gasteiger partial charge in [0, 0.05) is 5.02 Å². The van der Waals surface area contributed by atoms with Crippen LogP contribution < -0.4 is 5.73 Å². The Morgan fingerprint density at radius 1 is 1.43 bits per heavy atom. The topological polar surface area (TPSA) is 46.2 Å². The molecule has 0 radical (unpaired) electrons. The number of hydrogen-bond acceptors (Lipinski definition) is 2. The minimum atomic E-state index is -0.724. The number of rotatable bonds is 2. The lowest BCUT2D eigenvalue weighted by molar-refractivity contribution is 0.164. The van der Waals surface area contributed by atoms with Crippen LogP contribution in [0, 0.1) is 5.82 Å². The second-order valence-corrected chi connectivity index (χ2v) is 3.41. The summed E-state index contributed by atoms with van der Waals surface area (Å²) in [5.74, 6) is -0.446. The van der Waals surface area contributed by atoms with E-state index in [0.717, 1.165) is 0 Å². The largest absolute Gasteiger partial charge is 0.391 e. The van der Waals surface area contributed by atoms with Gasteiger partial charge in [-0.15, -0.1) is 12.4 Å². The normalized spacial score (nSPS) is 14.4. The summed E-state index contributed by atoms with van der Waals surface area (Å²) in [5, 5.41) is 9.45. The molecule has 5 heteroatoms. The molecule has 0 amide bonds. The molecule has 0 aliphatic carbocycles. The molecule has 0 spiro atoms. The molecule has 1 rings (SSSR count). The lowest BCUT2D eigenvalue weighted by Crippen LogP contribution is -2.23. The summed E-state index contributed by atoms with van der Waals surface area (Å²) in [6.45, 7) is 1.55. The molecule has 2 nitrogen and oxygen atoms in total. The molecule has 0 fully saturated rings. The average molecular weight is 240 g/mol. The maximum absolute atomic E-state index is 12.8. The SMILES string of the molecule is C[C@H](O)[C@H](N)c1cc(F)cc(Cl)c1.Cl. The molecule has 1 aromatic carbocycles. The third-order valence-electron chi connectivity index (χ3n) is 1.79. The van der Waals surface area contributed by atoms with Gasteiger partial charge >= 0.3 is 0 Å². The van der Waals surface area contributed by atoms with E-state index < -0.39 is 18.0 Å². The number of halogens is 3. The van der Waals surface area contributed by atoms with E-state index in [1.807, 2.05) is 0 Å². The average Bonchev–Trinajstić information content (AvgIpc) is 2.01. The van der Waals surface area contributed by atoms with Crippen LogP contribution in [0.1, 0.15) is 18.5 Å². The van der Waals surface area contributed by atoms with Crippen LogP contribution in [0.15, 0.2) is 18.2 Å². The summed E-state index contributed by atoms with van der Waals surface area (Å²) < 4.78 is 12.8. The van der Waals surface area contributed by atoms with Gasteiger partial charge in [0.15, 0.2) is 0 Å². The van der Waals surface area contributed by atoms with Crippen molar-refractivity contribution >= 4 is 24.0 Å². The van der Waals surface area contributed by atoms with Crippen molar-refractivity contribution < 1.29 is 9.50 Å². The van der Waals surface area contributed by atoms with Gasteiger partial charge in [-0.3, -0.25) is 0 Å². The summed E-state index contributed by atoms with van der Waals surface area (Å²) in [5.41, 5.74) is 6.10. The van der Waals surface area contributed by atoms with Crippen LogP contribution in [0.3, 0.4) is 0 Å². The van der Waals surface area contributed by atoms with E-state index in [-0.39, 0.29) is 17.4 Å². The molecule has 0 aliphatic rings. The lowest BCUT2D eigenvalue weighted by atomic mass is 10.0. The Morgan fingerprint density at radius 2 is 2.00 bits per heavy atom. The number of aliphatic hydroxyl groups excluding tert-OH is 1. The van der Waals surface area contributed by atoms with E-state index >= 15 is 0 Å². The molecule has 0 saturated carbocycles. The first-order valence-corrected chi connectivity index (χ1v) is 4.28. The summed E-state index contributed by atoms with van der Waals surface area (Å²) in [4.78, 5) is 0. The van der Waals surface area contributed by atoms with Gasteiger partial charge in [0.05, 0.1) is 12.1 Å². The van der Waals surface area contributed by atoms with Gasteiger partial charge in [0.1, 0.15) is 5.82 Å². The van der Waals surface area contributed by atoms with Crippen molar-refractivity contribution in [1.82, 2.24) is 0 Å². The zero-order chi connectivity index (χ0) is 10.0. The van der Waals surface area contributed by atoms with Gasteiger partial charge in [-0.05, 0) is 30.7 Å². The smallest absolute Gasteiger partial charge is 0.125 e. The highest BCUT2D eigenvalue weighted by molar-refractivity contribution is 6.30. The maximum atomic E-state index is 12.8. The number of nitrogens with two attached hydrogens (primary N) is 1. The Labute approximate surface area is 93.3 Å². The van der Waals surface area contributed by atoms with Crippen LogP contribution >= 0.6 is 24.0 Å². The van der Waals surface area contributed by atoms with E-state index in [1.54, 1.807) is 13.0 Å². The van der Waals surface area contributed by atoms with Crippen LogP contribution in [0.5, 0.6) is 0 Å². The van der Waals surface area contributed by atoms with Gasteiger partial charge in [0.2, 0.25) is 0 Å². The minimum absolute atomic E-state index is 0. The van der Waals surface area contributed by atoms with E-state index in [1.165, 1.54) is 12.1 Å². The van der Waals surface area contributed by atoms with Crippen molar-refractivity contribution in [3.05, 3.63) is 34.6 Å². The molecule has 14 heavy (non-hydrogen) atoms. The van der Waals surface area contributed by atoms with E-state index in [4.69, 9.17) is 22.4 Å². The van der Waals surface area contributed by atoms with Crippen molar-refractivity contribution in [3.63, 3.8) is 0 Å². The molecule has 3 N–H and O–H groups in total. The predicted molar refractivity (Wildman–Crippen MR) is 57.3 cm³/mol. The first-order valence-electron chi connectivity index (χ1n) is 3.90. The highest BCUT2D eigenvalue weighted by atomic mass is 35.5. The van der Waals surface area contributed by atoms with Crippen molar-refractivity contribution in [2.75, 3.05) is 0 Å². The standard InChI is InChI=1S/C9H11ClFNO.ClH/c1-5(13)9(12)6-2-7(10)4-8(11)3-6;/h2-5,9,13H,12H2,1H3;1H/t5-,9-;/m0./s1. The fourth-order valence-corrected chi connectivity index (χ4v) is 1.28. The predicted octanol–water partition coefficient (Wildman–Crippen LogP) is 2.28. The van der Waals surface area contributed by atoms with E-state index in [9.17, 15) is 4.39 Å². The second kappa shape index (κ2) is 5.51. The molecule has 0 bridgehead atoms. The lowest BCUT2D eigenvalue weighted by Gasteiger charge is -2.15. The van der Waals surface area contributed by atoms with Gasteiger partial charge in [0.25, 0.3) is 0 Å². The van der Waals surface area contributed by atoms with Crippen LogP contribution in [0.4, 0.5) is 4.39 Å². The summed E-state index contributed by atoms with van der Waals surface area (Å²) >= 11 is 5.62. The third kappa shape index (κ3) is 3.42. The van der Waals surface area contributed by atoms with Crippen molar-refractivity contribution in [2.24, 2.45) is 5.73 Å². The third-order valence-corrected chi connectivity index (χ3v) is 2.01.